The van der Waals surface area contributed by atoms with Crippen LogP contribution in [-0.2, 0) is 10.2 Å². The van der Waals surface area contributed by atoms with E-state index in [1.807, 2.05) is 48.5 Å². The molecule has 1 amide bonds. The van der Waals surface area contributed by atoms with Crippen molar-refractivity contribution in [1.29, 1.82) is 0 Å². The molecule has 2 aromatic rings. The molecule has 0 aromatic heterocycles. The maximum absolute atomic E-state index is 13.4. The summed E-state index contributed by atoms with van der Waals surface area (Å²) in [5, 5.41) is 3.81. The third-order valence-electron chi connectivity index (χ3n) is 7.01. The van der Waals surface area contributed by atoms with Crippen LogP contribution in [0.25, 0.3) is 0 Å². The molecule has 2 aromatic carbocycles. The topological polar surface area (TPSA) is 41.6 Å². The Balaban J connectivity index is 1.34. The van der Waals surface area contributed by atoms with Gasteiger partial charge in [0.25, 0.3) is 0 Å². The number of piperidine rings is 1. The summed E-state index contributed by atoms with van der Waals surface area (Å²) in [6.45, 7) is 8.61. The van der Waals surface area contributed by atoms with Crippen molar-refractivity contribution >= 4 is 23.2 Å². The second-order valence-corrected chi connectivity index (χ2v) is 10.2. The normalized spacial score (nSPS) is 23.1. The molecule has 32 heavy (non-hydrogen) atoms. The van der Waals surface area contributed by atoms with Crippen molar-refractivity contribution in [3.05, 3.63) is 59.1 Å². The molecule has 172 valence electrons. The number of likely N-dealkylation sites (tertiary alicyclic amines) is 1. The monoisotopic (exact) mass is 454 g/mol. The van der Waals surface area contributed by atoms with Crippen LogP contribution in [-0.4, -0.2) is 37.0 Å². The van der Waals surface area contributed by atoms with E-state index in [4.69, 9.17) is 16.3 Å². The maximum Gasteiger partial charge on any atom is 0.235 e. The van der Waals surface area contributed by atoms with Gasteiger partial charge in [-0.3, -0.25) is 9.69 Å². The lowest BCUT2D eigenvalue weighted by Crippen LogP contribution is -2.40. The average Bonchev–Trinajstić information content (AvgIpc) is 3.26. The van der Waals surface area contributed by atoms with Crippen LogP contribution in [0.4, 0.5) is 5.69 Å². The van der Waals surface area contributed by atoms with Crippen LogP contribution in [0.15, 0.2) is 48.5 Å². The molecule has 0 bridgehead atoms. The first-order valence-corrected chi connectivity index (χ1v) is 12.4. The van der Waals surface area contributed by atoms with E-state index < -0.39 is 5.41 Å². The second-order valence-electron chi connectivity index (χ2n) is 9.80. The van der Waals surface area contributed by atoms with Crippen LogP contribution >= 0.6 is 11.6 Å². The first-order chi connectivity index (χ1) is 15.5. The van der Waals surface area contributed by atoms with Gasteiger partial charge in [0.05, 0.1) is 5.41 Å². The molecule has 5 heteroatoms. The van der Waals surface area contributed by atoms with Gasteiger partial charge in [0, 0.05) is 30.3 Å². The highest BCUT2D eigenvalue weighted by molar-refractivity contribution is 6.31. The van der Waals surface area contributed by atoms with Crippen molar-refractivity contribution in [2.45, 2.75) is 51.4 Å². The molecule has 2 aliphatic rings. The summed E-state index contributed by atoms with van der Waals surface area (Å²) in [4.78, 5) is 15.9. The Morgan fingerprint density at radius 3 is 2.38 bits per heavy atom. The molecule has 1 saturated carbocycles. The smallest absolute Gasteiger partial charge is 0.235 e. The Kier molecular flexibility index (Phi) is 7.42. The van der Waals surface area contributed by atoms with Crippen molar-refractivity contribution < 1.29 is 9.53 Å². The number of benzene rings is 2. The Morgan fingerprint density at radius 1 is 1.06 bits per heavy atom. The third-order valence-corrected chi connectivity index (χ3v) is 7.34. The fourth-order valence-electron chi connectivity index (χ4n) is 5.60. The van der Waals surface area contributed by atoms with Gasteiger partial charge in [-0.15, -0.1) is 0 Å². The third kappa shape index (κ3) is 5.29. The molecule has 0 unspecified atom stereocenters. The largest absolute Gasteiger partial charge is 0.492 e. The van der Waals surface area contributed by atoms with E-state index >= 15 is 0 Å². The number of ether oxygens (including phenoxy) is 1. The Labute approximate surface area is 197 Å². The highest BCUT2D eigenvalue weighted by atomic mass is 35.5. The van der Waals surface area contributed by atoms with Crippen LogP contribution in [0.3, 0.4) is 0 Å². The van der Waals surface area contributed by atoms with Crippen LogP contribution in [0.1, 0.15) is 51.5 Å². The van der Waals surface area contributed by atoms with Crippen molar-refractivity contribution in [3.63, 3.8) is 0 Å². The number of nitrogens with zero attached hydrogens (tertiary/aromatic N) is 1. The standard InChI is InChI=1S/C27H35ClN2O2/c1-20-17-21(2)19-30(18-20)15-16-32-23-11-9-22(10-12-23)29-26(31)27(13-5-6-14-27)24-7-3-4-8-25(24)28/h3-4,7-12,20-21H,5-6,13-19H2,1-2H3,(H,29,31)/t20-,21-/m1/s1. The number of carbonyl (C=O) groups excluding carboxylic acids is 1. The predicted octanol–water partition coefficient (Wildman–Crippen LogP) is 6.15. The van der Waals surface area contributed by atoms with E-state index in [9.17, 15) is 4.79 Å². The number of rotatable bonds is 7. The number of hydrogen-bond donors (Lipinski definition) is 1. The first kappa shape index (κ1) is 23.1. The van der Waals surface area contributed by atoms with Gasteiger partial charge in [-0.1, -0.05) is 56.5 Å². The second kappa shape index (κ2) is 10.3. The number of nitrogens with one attached hydrogen (secondary N) is 1. The molecule has 0 radical (unpaired) electrons. The first-order valence-electron chi connectivity index (χ1n) is 12.0. The van der Waals surface area contributed by atoms with Crippen LogP contribution < -0.4 is 10.1 Å². The van der Waals surface area contributed by atoms with E-state index in [0.717, 1.165) is 74.2 Å². The average molecular weight is 455 g/mol. The maximum atomic E-state index is 13.4. The lowest BCUT2D eigenvalue weighted by atomic mass is 9.78. The summed E-state index contributed by atoms with van der Waals surface area (Å²) >= 11 is 6.48. The molecule has 1 aliphatic carbocycles. The predicted molar refractivity (Wildman–Crippen MR) is 132 cm³/mol. The fraction of sp³-hybridized carbons (Fsp3) is 0.519. The quantitative estimate of drug-likeness (QED) is 0.545. The van der Waals surface area contributed by atoms with Gasteiger partial charge >= 0.3 is 0 Å². The molecule has 4 rings (SSSR count). The van der Waals surface area contributed by atoms with Crippen LogP contribution in [0.5, 0.6) is 5.75 Å². The molecule has 1 saturated heterocycles. The van der Waals surface area contributed by atoms with Crippen molar-refractivity contribution in [2.75, 3.05) is 31.6 Å². The number of amides is 1. The van der Waals surface area contributed by atoms with Crippen LogP contribution in [0.2, 0.25) is 5.02 Å². The van der Waals surface area contributed by atoms with Gasteiger partial charge in [-0.2, -0.15) is 0 Å². The minimum absolute atomic E-state index is 0.0325. The molecular weight excluding hydrogens is 420 g/mol. The van der Waals surface area contributed by atoms with Crippen molar-refractivity contribution in [2.24, 2.45) is 11.8 Å². The highest BCUT2D eigenvalue weighted by Gasteiger charge is 2.43. The summed E-state index contributed by atoms with van der Waals surface area (Å²) in [6, 6.07) is 15.5. The molecule has 4 nitrogen and oxygen atoms in total. The van der Waals surface area contributed by atoms with Crippen LogP contribution in [0, 0.1) is 11.8 Å². The number of carbonyl (C=O) groups is 1. The minimum atomic E-state index is -0.545. The van der Waals surface area contributed by atoms with Crippen molar-refractivity contribution in [3.8, 4) is 5.75 Å². The number of halogens is 1. The summed E-state index contributed by atoms with van der Waals surface area (Å²) < 4.78 is 5.97. The molecule has 1 aliphatic heterocycles. The summed E-state index contributed by atoms with van der Waals surface area (Å²) in [7, 11) is 0. The Hall–Kier alpha value is -2.04. The SMILES string of the molecule is C[C@@H]1C[C@@H](C)CN(CCOc2ccc(NC(=O)C3(c4ccccc4Cl)CCCC3)cc2)C1. The number of hydrogen-bond acceptors (Lipinski definition) is 3. The Bertz CT molecular complexity index is 898. The van der Waals surface area contributed by atoms with E-state index in [0.29, 0.717) is 11.6 Å². The lowest BCUT2D eigenvalue weighted by Gasteiger charge is -2.34. The Morgan fingerprint density at radius 2 is 1.72 bits per heavy atom. The van der Waals surface area contributed by atoms with Gasteiger partial charge < -0.3 is 10.1 Å². The van der Waals surface area contributed by atoms with Gasteiger partial charge in [-0.25, -0.2) is 0 Å². The highest BCUT2D eigenvalue weighted by Crippen LogP contribution is 2.44. The van der Waals surface area contributed by atoms with Gasteiger partial charge in [0.15, 0.2) is 0 Å². The van der Waals surface area contributed by atoms with E-state index in [1.165, 1.54) is 6.42 Å². The minimum Gasteiger partial charge on any atom is -0.492 e. The summed E-state index contributed by atoms with van der Waals surface area (Å²) in [5.74, 6) is 2.39. The molecular formula is C27H35ClN2O2. The summed E-state index contributed by atoms with van der Waals surface area (Å²) in [5.41, 5.74) is 1.19. The zero-order valence-corrected chi connectivity index (χ0v) is 20.0. The number of anilines is 1. The van der Waals surface area contributed by atoms with Gasteiger partial charge in [-0.05, 0) is 67.0 Å². The van der Waals surface area contributed by atoms with Crippen molar-refractivity contribution in [1.82, 2.24) is 4.90 Å². The van der Waals surface area contributed by atoms with E-state index in [2.05, 4.69) is 24.1 Å². The molecule has 0 spiro atoms. The lowest BCUT2D eigenvalue weighted by molar-refractivity contribution is -0.121. The zero-order valence-electron chi connectivity index (χ0n) is 19.3. The summed E-state index contributed by atoms with van der Waals surface area (Å²) in [6.07, 6.45) is 5.07. The zero-order chi connectivity index (χ0) is 22.6. The van der Waals surface area contributed by atoms with Gasteiger partial charge in [0.1, 0.15) is 12.4 Å². The molecule has 2 atom stereocenters. The van der Waals surface area contributed by atoms with Gasteiger partial charge in [0.2, 0.25) is 5.91 Å². The molecule has 1 N–H and O–H groups in total. The van der Waals surface area contributed by atoms with E-state index in [1.54, 1.807) is 0 Å². The molecule has 2 fully saturated rings. The van der Waals surface area contributed by atoms with E-state index in [-0.39, 0.29) is 5.91 Å². The fourth-order valence-corrected chi connectivity index (χ4v) is 5.92. The molecule has 1 heterocycles.